The van der Waals surface area contributed by atoms with Gasteiger partial charge in [0.05, 0.1) is 25.9 Å². The molecular formula is C18H33N3O3. The highest BCUT2D eigenvalue weighted by Gasteiger charge is 2.59. The van der Waals surface area contributed by atoms with Gasteiger partial charge in [-0.3, -0.25) is 4.99 Å². The molecule has 24 heavy (non-hydrogen) atoms. The summed E-state index contributed by atoms with van der Waals surface area (Å²) >= 11 is 0. The van der Waals surface area contributed by atoms with Gasteiger partial charge >= 0.3 is 0 Å². The number of likely N-dealkylation sites (tertiary alicyclic amines) is 1. The minimum Gasteiger partial charge on any atom is -0.382 e. The Morgan fingerprint density at radius 2 is 2.17 bits per heavy atom. The maximum Gasteiger partial charge on any atom is 0.193 e. The van der Waals surface area contributed by atoms with Gasteiger partial charge in [-0.1, -0.05) is 13.8 Å². The Morgan fingerprint density at radius 1 is 1.33 bits per heavy atom. The molecule has 0 spiro atoms. The van der Waals surface area contributed by atoms with Gasteiger partial charge < -0.3 is 24.4 Å². The van der Waals surface area contributed by atoms with Crippen LogP contribution in [0.2, 0.25) is 0 Å². The molecule has 3 aliphatic rings. The molecule has 3 rings (SSSR count). The minimum atomic E-state index is 0.180. The Hall–Kier alpha value is -0.850. The van der Waals surface area contributed by atoms with E-state index in [0.717, 1.165) is 38.7 Å². The predicted molar refractivity (Wildman–Crippen MR) is 94.3 cm³/mol. The molecule has 1 aliphatic carbocycles. The van der Waals surface area contributed by atoms with Crippen LogP contribution in [0.1, 0.15) is 26.7 Å². The van der Waals surface area contributed by atoms with Crippen LogP contribution in [0, 0.1) is 17.3 Å². The van der Waals surface area contributed by atoms with Crippen molar-refractivity contribution in [3.05, 3.63) is 0 Å². The predicted octanol–water partition coefficient (Wildman–Crippen LogP) is 1.36. The van der Waals surface area contributed by atoms with Crippen LogP contribution in [0.15, 0.2) is 4.99 Å². The lowest BCUT2D eigenvalue weighted by atomic mass is 9.57. The Balaban J connectivity index is 1.49. The van der Waals surface area contributed by atoms with Crippen molar-refractivity contribution in [2.75, 3.05) is 53.7 Å². The molecule has 0 aromatic rings. The zero-order valence-corrected chi connectivity index (χ0v) is 15.6. The first-order valence-corrected chi connectivity index (χ1v) is 9.24. The van der Waals surface area contributed by atoms with Gasteiger partial charge in [-0.2, -0.15) is 0 Å². The van der Waals surface area contributed by atoms with Crippen molar-refractivity contribution in [2.45, 2.75) is 38.8 Å². The summed E-state index contributed by atoms with van der Waals surface area (Å²) < 4.78 is 16.6. The molecule has 1 N–H and O–H groups in total. The van der Waals surface area contributed by atoms with Crippen LogP contribution in [-0.2, 0) is 14.2 Å². The SMILES string of the molecule is CN=C(NC1C2CCOC2C1(C)C)N1CCC(COCCOC)C1. The highest BCUT2D eigenvalue weighted by atomic mass is 16.5. The van der Waals surface area contributed by atoms with Gasteiger partial charge in [-0.05, 0) is 12.8 Å². The summed E-state index contributed by atoms with van der Waals surface area (Å²) in [7, 11) is 3.59. The second kappa shape index (κ2) is 7.58. The number of rotatable bonds is 6. The number of ether oxygens (including phenoxy) is 3. The van der Waals surface area contributed by atoms with Gasteiger partial charge in [-0.25, -0.2) is 0 Å². The standard InChI is InChI=1S/C18H33N3O3/c1-18(2)15(14-6-8-24-16(14)18)20-17(19-3)21-7-5-13(11-21)12-23-10-9-22-4/h13-16H,5-12H2,1-4H3,(H,19,20). The fraction of sp³-hybridized carbons (Fsp3) is 0.944. The molecule has 1 saturated carbocycles. The van der Waals surface area contributed by atoms with Gasteiger partial charge in [0.25, 0.3) is 0 Å². The maximum atomic E-state index is 5.90. The third-order valence-corrected chi connectivity index (χ3v) is 5.97. The highest BCUT2D eigenvalue weighted by Crippen LogP contribution is 2.52. The molecule has 4 atom stereocenters. The van der Waals surface area contributed by atoms with Crippen LogP contribution in [-0.4, -0.2) is 76.7 Å². The van der Waals surface area contributed by atoms with Gasteiger partial charge in [0.2, 0.25) is 0 Å². The van der Waals surface area contributed by atoms with E-state index in [9.17, 15) is 0 Å². The van der Waals surface area contributed by atoms with Gasteiger partial charge in [-0.15, -0.1) is 0 Å². The minimum absolute atomic E-state index is 0.180. The summed E-state index contributed by atoms with van der Waals surface area (Å²) in [5.74, 6) is 2.25. The summed E-state index contributed by atoms with van der Waals surface area (Å²) in [5.41, 5.74) is 0.180. The van der Waals surface area contributed by atoms with Crippen molar-refractivity contribution in [1.29, 1.82) is 0 Å². The quantitative estimate of drug-likeness (QED) is 0.450. The van der Waals surface area contributed by atoms with Crippen molar-refractivity contribution in [2.24, 2.45) is 22.2 Å². The number of hydrogen-bond donors (Lipinski definition) is 1. The van der Waals surface area contributed by atoms with Crippen molar-refractivity contribution < 1.29 is 14.2 Å². The summed E-state index contributed by atoms with van der Waals surface area (Å²) in [6.45, 7) is 9.74. The number of nitrogens with zero attached hydrogens (tertiary/aromatic N) is 2. The highest BCUT2D eigenvalue weighted by molar-refractivity contribution is 5.80. The fourth-order valence-electron chi connectivity index (χ4n) is 4.61. The van der Waals surface area contributed by atoms with Gasteiger partial charge in [0.15, 0.2) is 5.96 Å². The number of nitrogens with one attached hydrogen (secondary N) is 1. The monoisotopic (exact) mass is 339 g/mol. The van der Waals surface area contributed by atoms with Crippen LogP contribution in [0.4, 0.5) is 0 Å². The van der Waals surface area contributed by atoms with Crippen molar-refractivity contribution >= 4 is 5.96 Å². The smallest absolute Gasteiger partial charge is 0.193 e. The molecule has 2 aliphatic heterocycles. The zero-order valence-electron chi connectivity index (χ0n) is 15.6. The Morgan fingerprint density at radius 3 is 2.92 bits per heavy atom. The van der Waals surface area contributed by atoms with E-state index in [1.807, 2.05) is 7.05 Å². The lowest BCUT2D eigenvalue weighted by molar-refractivity contribution is -0.107. The van der Waals surface area contributed by atoms with Crippen LogP contribution >= 0.6 is 0 Å². The first-order chi connectivity index (χ1) is 11.6. The van der Waals surface area contributed by atoms with Crippen LogP contribution in [0.3, 0.4) is 0 Å². The van der Waals surface area contributed by atoms with Crippen molar-refractivity contribution in [3.8, 4) is 0 Å². The number of guanidine groups is 1. The normalized spacial score (nSPS) is 35.0. The molecule has 2 saturated heterocycles. The second-order valence-corrected chi connectivity index (χ2v) is 7.90. The van der Waals surface area contributed by atoms with E-state index in [-0.39, 0.29) is 5.41 Å². The summed E-state index contributed by atoms with van der Waals surface area (Å²) in [5, 5.41) is 3.74. The molecule has 138 valence electrons. The molecule has 0 bridgehead atoms. The molecule has 3 fully saturated rings. The third kappa shape index (κ3) is 3.41. The van der Waals surface area contributed by atoms with E-state index in [4.69, 9.17) is 14.2 Å². The molecule has 4 unspecified atom stereocenters. The van der Waals surface area contributed by atoms with E-state index in [1.54, 1.807) is 7.11 Å². The molecule has 0 amide bonds. The average molecular weight is 339 g/mol. The van der Waals surface area contributed by atoms with E-state index in [0.29, 0.717) is 37.2 Å². The Kier molecular flexibility index (Phi) is 5.67. The van der Waals surface area contributed by atoms with E-state index >= 15 is 0 Å². The van der Waals surface area contributed by atoms with Crippen molar-refractivity contribution in [3.63, 3.8) is 0 Å². The van der Waals surface area contributed by atoms with Gasteiger partial charge in [0, 0.05) is 57.1 Å². The fourth-order valence-corrected chi connectivity index (χ4v) is 4.61. The molecule has 0 aromatic heterocycles. The largest absolute Gasteiger partial charge is 0.382 e. The van der Waals surface area contributed by atoms with E-state index in [1.165, 1.54) is 6.42 Å². The summed E-state index contributed by atoms with van der Waals surface area (Å²) in [6.07, 6.45) is 2.74. The number of methoxy groups -OCH3 is 1. The van der Waals surface area contributed by atoms with Crippen molar-refractivity contribution in [1.82, 2.24) is 10.2 Å². The molecule has 0 radical (unpaired) electrons. The summed E-state index contributed by atoms with van der Waals surface area (Å²) in [4.78, 5) is 6.92. The topological polar surface area (TPSA) is 55.3 Å². The average Bonchev–Trinajstić information content (AvgIpc) is 3.21. The number of aliphatic imine (C=N–C) groups is 1. The van der Waals surface area contributed by atoms with Gasteiger partial charge in [0.1, 0.15) is 0 Å². The molecule has 6 nitrogen and oxygen atoms in total. The first kappa shape index (κ1) is 18.0. The first-order valence-electron chi connectivity index (χ1n) is 9.24. The lowest BCUT2D eigenvalue weighted by Crippen LogP contribution is -2.68. The van der Waals surface area contributed by atoms with E-state index in [2.05, 4.69) is 29.1 Å². The Bertz CT molecular complexity index is 455. The van der Waals surface area contributed by atoms with Crippen LogP contribution < -0.4 is 5.32 Å². The molecular weight excluding hydrogens is 306 g/mol. The number of hydrogen-bond acceptors (Lipinski definition) is 4. The number of fused-ring (bicyclic) bond motifs is 1. The zero-order chi connectivity index (χ0) is 17.2. The second-order valence-electron chi connectivity index (χ2n) is 7.90. The molecule has 6 heteroatoms. The maximum absolute atomic E-state index is 5.90. The Labute approximate surface area is 145 Å². The lowest BCUT2D eigenvalue weighted by Gasteiger charge is -2.55. The van der Waals surface area contributed by atoms with Crippen LogP contribution in [0.25, 0.3) is 0 Å². The summed E-state index contributed by atoms with van der Waals surface area (Å²) in [6, 6.07) is 0.459. The molecule has 0 aromatic carbocycles. The van der Waals surface area contributed by atoms with Crippen LogP contribution in [0.5, 0.6) is 0 Å². The molecule has 2 heterocycles. The van der Waals surface area contributed by atoms with E-state index < -0.39 is 0 Å². The third-order valence-electron chi connectivity index (χ3n) is 5.97.